The van der Waals surface area contributed by atoms with Crippen molar-refractivity contribution in [2.75, 3.05) is 11.9 Å². The van der Waals surface area contributed by atoms with Gasteiger partial charge in [-0.1, -0.05) is 25.0 Å². The number of hydrogen-bond acceptors (Lipinski definition) is 2. The number of aryl methyl sites for hydroxylation is 1. The molecule has 20 heavy (non-hydrogen) atoms. The summed E-state index contributed by atoms with van der Waals surface area (Å²) in [4.78, 5) is 14.1. The van der Waals surface area contributed by atoms with Crippen LogP contribution in [0.15, 0.2) is 24.3 Å². The first kappa shape index (κ1) is 17.0. The molecule has 0 aromatic heterocycles. The number of halogens is 1. The van der Waals surface area contributed by atoms with Crippen molar-refractivity contribution in [3.63, 3.8) is 0 Å². The maximum Gasteiger partial charge on any atom is 0.227 e. The summed E-state index contributed by atoms with van der Waals surface area (Å²) in [7, 11) is 1.85. The lowest BCUT2D eigenvalue weighted by atomic mass is 9.83. The molecule has 4 heteroatoms. The normalized spacial score (nSPS) is 21.9. The van der Waals surface area contributed by atoms with Gasteiger partial charge in [-0.15, -0.1) is 12.4 Å². The molecule has 0 aliphatic heterocycles. The molecule has 0 radical (unpaired) electrons. The van der Waals surface area contributed by atoms with Gasteiger partial charge in [-0.05, 0) is 43.4 Å². The molecule has 2 N–H and O–H groups in total. The van der Waals surface area contributed by atoms with Crippen LogP contribution in [0.4, 0.5) is 5.69 Å². The van der Waals surface area contributed by atoms with Gasteiger partial charge in [0.05, 0.1) is 0 Å². The lowest BCUT2D eigenvalue weighted by Gasteiger charge is -2.29. The number of carbonyl (C=O) groups is 1. The van der Waals surface area contributed by atoms with Crippen LogP contribution in [0.1, 0.15) is 37.7 Å². The number of nitrogens with zero attached hydrogens (tertiary/aromatic N) is 1. The summed E-state index contributed by atoms with van der Waals surface area (Å²) in [6.07, 6.45) is 5.14. The van der Waals surface area contributed by atoms with Gasteiger partial charge in [-0.25, -0.2) is 0 Å². The Bertz CT molecular complexity index is 450. The summed E-state index contributed by atoms with van der Waals surface area (Å²) in [5.74, 6) is 0.529. The largest absolute Gasteiger partial charge is 0.327 e. The minimum atomic E-state index is 0. The number of amides is 1. The van der Waals surface area contributed by atoms with Gasteiger partial charge >= 0.3 is 0 Å². The first-order valence-corrected chi connectivity index (χ1v) is 7.16. The van der Waals surface area contributed by atoms with Crippen molar-refractivity contribution in [3.05, 3.63) is 29.8 Å². The van der Waals surface area contributed by atoms with Gasteiger partial charge in [0.2, 0.25) is 5.91 Å². The Morgan fingerprint density at radius 3 is 2.70 bits per heavy atom. The Balaban J connectivity index is 0.00000200. The van der Waals surface area contributed by atoms with E-state index >= 15 is 0 Å². The standard InChI is InChI=1S/C16H24N2O.ClH/c1-12-6-5-8-14(10-12)18(2)16(19)11-13-7-3-4-9-15(13)17;/h5-6,8,10,13,15H,3-4,7,9,11,17H2,1-2H3;1H. The second kappa shape index (κ2) is 7.65. The average molecular weight is 297 g/mol. The maximum absolute atomic E-state index is 12.3. The van der Waals surface area contributed by atoms with E-state index in [0.717, 1.165) is 18.5 Å². The molecular weight excluding hydrogens is 272 g/mol. The highest BCUT2D eigenvalue weighted by Gasteiger charge is 2.25. The molecule has 112 valence electrons. The zero-order valence-corrected chi connectivity index (χ0v) is 13.2. The van der Waals surface area contributed by atoms with Crippen LogP contribution < -0.4 is 10.6 Å². The molecule has 0 saturated heterocycles. The van der Waals surface area contributed by atoms with Crippen molar-refractivity contribution in [2.45, 2.75) is 45.1 Å². The van der Waals surface area contributed by atoms with Crippen LogP contribution in [0.3, 0.4) is 0 Å². The number of rotatable bonds is 3. The molecular formula is C16H25ClN2O. The summed E-state index contributed by atoms with van der Waals surface area (Å²) < 4.78 is 0. The summed E-state index contributed by atoms with van der Waals surface area (Å²) in [6, 6.07) is 8.24. The fraction of sp³-hybridized carbons (Fsp3) is 0.562. The van der Waals surface area contributed by atoms with Gasteiger partial charge in [0.1, 0.15) is 0 Å². The van der Waals surface area contributed by atoms with Gasteiger partial charge in [0.15, 0.2) is 0 Å². The van der Waals surface area contributed by atoms with E-state index in [1.807, 2.05) is 38.2 Å². The molecule has 2 rings (SSSR count). The number of anilines is 1. The predicted octanol–water partition coefficient (Wildman–Crippen LogP) is 3.29. The summed E-state index contributed by atoms with van der Waals surface area (Å²) in [5, 5.41) is 0. The second-order valence-corrected chi connectivity index (χ2v) is 5.70. The molecule has 1 saturated carbocycles. The summed E-state index contributed by atoms with van der Waals surface area (Å²) >= 11 is 0. The summed E-state index contributed by atoms with van der Waals surface area (Å²) in [6.45, 7) is 2.04. The monoisotopic (exact) mass is 296 g/mol. The molecule has 1 aliphatic rings. The van der Waals surface area contributed by atoms with E-state index in [2.05, 4.69) is 0 Å². The minimum absolute atomic E-state index is 0. The first-order valence-electron chi connectivity index (χ1n) is 7.16. The molecule has 2 atom stereocenters. The van der Waals surface area contributed by atoms with Crippen LogP contribution in [0.2, 0.25) is 0 Å². The fourth-order valence-electron chi connectivity index (χ4n) is 2.83. The quantitative estimate of drug-likeness (QED) is 0.930. The minimum Gasteiger partial charge on any atom is -0.327 e. The Hall–Kier alpha value is -1.06. The molecule has 1 amide bonds. The average Bonchev–Trinajstić information content (AvgIpc) is 2.40. The topological polar surface area (TPSA) is 46.3 Å². The van der Waals surface area contributed by atoms with Crippen LogP contribution in [0.5, 0.6) is 0 Å². The van der Waals surface area contributed by atoms with Gasteiger partial charge in [-0.2, -0.15) is 0 Å². The fourth-order valence-corrected chi connectivity index (χ4v) is 2.83. The zero-order valence-electron chi connectivity index (χ0n) is 12.3. The van der Waals surface area contributed by atoms with Gasteiger partial charge < -0.3 is 10.6 Å². The predicted molar refractivity (Wildman–Crippen MR) is 86.4 cm³/mol. The molecule has 1 fully saturated rings. The van der Waals surface area contributed by atoms with E-state index in [1.165, 1.54) is 18.4 Å². The number of nitrogens with two attached hydrogens (primary N) is 1. The highest BCUT2D eigenvalue weighted by Crippen LogP contribution is 2.27. The molecule has 0 bridgehead atoms. The number of benzene rings is 1. The Kier molecular flexibility index (Phi) is 6.50. The molecule has 2 unspecified atom stereocenters. The first-order chi connectivity index (χ1) is 9.08. The second-order valence-electron chi connectivity index (χ2n) is 5.70. The maximum atomic E-state index is 12.3. The third-order valence-electron chi connectivity index (χ3n) is 4.17. The van der Waals surface area contributed by atoms with Crippen molar-refractivity contribution in [3.8, 4) is 0 Å². The lowest BCUT2D eigenvalue weighted by molar-refractivity contribution is -0.119. The smallest absolute Gasteiger partial charge is 0.227 e. The Morgan fingerprint density at radius 1 is 1.35 bits per heavy atom. The third-order valence-corrected chi connectivity index (χ3v) is 4.17. The highest BCUT2D eigenvalue weighted by atomic mass is 35.5. The van der Waals surface area contributed by atoms with E-state index in [0.29, 0.717) is 12.3 Å². The molecule has 1 aromatic carbocycles. The van der Waals surface area contributed by atoms with Crippen LogP contribution in [-0.2, 0) is 4.79 Å². The van der Waals surface area contributed by atoms with Gasteiger partial charge in [0, 0.05) is 25.2 Å². The highest BCUT2D eigenvalue weighted by molar-refractivity contribution is 5.93. The van der Waals surface area contributed by atoms with Crippen LogP contribution >= 0.6 is 12.4 Å². The molecule has 0 heterocycles. The molecule has 0 spiro atoms. The number of carbonyl (C=O) groups excluding carboxylic acids is 1. The van der Waals surface area contributed by atoms with Gasteiger partial charge in [0.25, 0.3) is 0 Å². The molecule has 1 aliphatic carbocycles. The molecule has 3 nitrogen and oxygen atoms in total. The Morgan fingerprint density at radius 2 is 2.05 bits per heavy atom. The van der Waals surface area contributed by atoms with Crippen molar-refractivity contribution < 1.29 is 4.79 Å². The van der Waals surface area contributed by atoms with Crippen LogP contribution in [-0.4, -0.2) is 19.0 Å². The SMILES string of the molecule is Cc1cccc(N(C)C(=O)CC2CCCCC2N)c1.Cl. The van der Waals surface area contributed by atoms with Crippen molar-refractivity contribution in [1.29, 1.82) is 0 Å². The van der Waals surface area contributed by atoms with E-state index in [4.69, 9.17) is 5.73 Å². The van der Waals surface area contributed by atoms with Crippen molar-refractivity contribution >= 4 is 24.0 Å². The Labute approximate surface area is 127 Å². The van der Waals surface area contributed by atoms with E-state index in [1.54, 1.807) is 4.90 Å². The third kappa shape index (κ3) is 4.22. The van der Waals surface area contributed by atoms with E-state index in [-0.39, 0.29) is 24.4 Å². The van der Waals surface area contributed by atoms with E-state index in [9.17, 15) is 4.79 Å². The van der Waals surface area contributed by atoms with Crippen LogP contribution in [0, 0.1) is 12.8 Å². The van der Waals surface area contributed by atoms with Crippen molar-refractivity contribution in [2.24, 2.45) is 11.7 Å². The summed E-state index contributed by atoms with van der Waals surface area (Å²) in [5.41, 5.74) is 8.26. The van der Waals surface area contributed by atoms with E-state index < -0.39 is 0 Å². The molecule has 1 aromatic rings. The zero-order chi connectivity index (χ0) is 13.8. The van der Waals surface area contributed by atoms with Gasteiger partial charge in [-0.3, -0.25) is 4.79 Å². The van der Waals surface area contributed by atoms with Crippen LogP contribution in [0.25, 0.3) is 0 Å². The number of hydrogen-bond donors (Lipinski definition) is 1. The lowest BCUT2D eigenvalue weighted by Crippen LogP contribution is -2.37. The van der Waals surface area contributed by atoms with Crippen molar-refractivity contribution in [1.82, 2.24) is 0 Å².